The van der Waals surface area contributed by atoms with Gasteiger partial charge in [-0.3, -0.25) is 9.69 Å². The van der Waals surface area contributed by atoms with Crippen LogP contribution in [-0.2, 0) is 18.4 Å². The summed E-state index contributed by atoms with van der Waals surface area (Å²) in [7, 11) is 5.45. The molecule has 1 amide bonds. The van der Waals surface area contributed by atoms with E-state index in [1.54, 1.807) is 25.2 Å². The maximum atomic E-state index is 12.2. The predicted molar refractivity (Wildman–Crippen MR) is 74.0 cm³/mol. The van der Waals surface area contributed by atoms with E-state index in [4.69, 9.17) is 11.6 Å². The summed E-state index contributed by atoms with van der Waals surface area (Å²) >= 11 is 5.99. The van der Waals surface area contributed by atoms with Gasteiger partial charge >= 0.3 is 0 Å². The van der Waals surface area contributed by atoms with Gasteiger partial charge in [-0.2, -0.15) is 0 Å². The number of likely N-dealkylation sites (N-methyl/N-ethyl adjacent to an activating group) is 1. The van der Waals surface area contributed by atoms with E-state index in [9.17, 15) is 4.79 Å². The third-order valence-corrected chi connectivity index (χ3v) is 3.80. The number of nitrogens with zero attached hydrogens (tertiary/aromatic N) is 4. The number of carbonyl (C=O) groups excluding carboxylic acids is 1. The van der Waals surface area contributed by atoms with Gasteiger partial charge in [0.1, 0.15) is 17.0 Å². The van der Waals surface area contributed by atoms with Crippen molar-refractivity contribution in [2.24, 2.45) is 7.05 Å². The van der Waals surface area contributed by atoms with Crippen molar-refractivity contribution >= 4 is 17.5 Å². The number of amides is 1. The van der Waals surface area contributed by atoms with E-state index in [1.807, 2.05) is 11.6 Å². The van der Waals surface area contributed by atoms with E-state index in [0.29, 0.717) is 18.2 Å². The smallest absolute Gasteiger partial charge is 0.240 e. The molecule has 0 aromatic carbocycles. The van der Waals surface area contributed by atoms with E-state index < -0.39 is 0 Å². The Hall–Kier alpha value is -1.11. The lowest BCUT2D eigenvalue weighted by Crippen LogP contribution is -2.57. The van der Waals surface area contributed by atoms with Gasteiger partial charge in [-0.05, 0) is 0 Å². The predicted octanol–water partition coefficient (Wildman–Crippen LogP) is -0.0645. The lowest BCUT2D eigenvalue weighted by Gasteiger charge is -2.36. The normalized spacial score (nSPS) is 20.5. The SMILES string of the molecule is CN(C)C(=O)C1CNCCN1Cc1ncc(Cl)n1C. The number of nitrogens with one attached hydrogen (secondary N) is 1. The molecule has 1 N–H and O–H groups in total. The molecule has 1 saturated heterocycles. The van der Waals surface area contributed by atoms with Crippen LogP contribution in [0.25, 0.3) is 0 Å². The Kier molecular flexibility index (Phi) is 4.44. The van der Waals surface area contributed by atoms with Gasteiger partial charge in [-0.1, -0.05) is 11.6 Å². The standard InChI is InChI=1S/C12H20ClN5O/c1-16(2)12(19)9-6-14-4-5-18(9)8-11-15-7-10(13)17(11)3/h7,9,14H,4-6,8H2,1-3H3. The maximum Gasteiger partial charge on any atom is 0.240 e. The summed E-state index contributed by atoms with van der Waals surface area (Å²) in [4.78, 5) is 20.3. The number of halogens is 1. The van der Waals surface area contributed by atoms with Gasteiger partial charge in [0.15, 0.2) is 0 Å². The monoisotopic (exact) mass is 285 g/mol. The van der Waals surface area contributed by atoms with E-state index in [2.05, 4.69) is 15.2 Å². The van der Waals surface area contributed by atoms with E-state index in [0.717, 1.165) is 18.9 Å². The molecule has 6 nitrogen and oxygen atoms in total. The molecule has 7 heteroatoms. The highest BCUT2D eigenvalue weighted by Gasteiger charge is 2.30. The minimum Gasteiger partial charge on any atom is -0.347 e. The fourth-order valence-corrected chi connectivity index (χ4v) is 2.38. The van der Waals surface area contributed by atoms with Crippen molar-refractivity contribution < 1.29 is 4.79 Å². The molecule has 1 aromatic rings. The number of hydrogen-bond donors (Lipinski definition) is 1. The van der Waals surface area contributed by atoms with Gasteiger partial charge in [0.2, 0.25) is 5.91 Å². The van der Waals surface area contributed by atoms with Gasteiger partial charge in [-0.25, -0.2) is 4.98 Å². The molecule has 0 saturated carbocycles. The second-order valence-electron chi connectivity index (χ2n) is 4.98. The first-order chi connectivity index (χ1) is 9.00. The second-order valence-corrected chi connectivity index (χ2v) is 5.37. The zero-order valence-electron chi connectivity index (χ0n) is 11.6. The number of hydrogen-bond acceptors (Lipinski definition) is 4. The molecule has 0 aliphatic carbocycles. The van der Waals surface area contributed by atoms with Gasteiger partial charge < -0.3 is 14.8 Å². The molecule has 1 atom stereocenters. The Bertz CT molecular complexity index is 459. The maximum absolute atomic E-state index is 12.2. The Morgan fingerprint density at radius 2 is 2.37 bits per heavy atom. The number of imidazole rings is 1. The molecule has 1 unspecified atom stereocenters. The number of carbonyl (C=O) groups is 1. The average Bonchev–Trinajstić information content (AvgIpc) is 2.70. The summed E-state index contributed by atoms with van der Waals surface area (Å²) < 4.78 is 1.85. The van der Waals surface area contributed by atoms with Crippen LogP contribution in [0.4, 0.5) is 0 Å². The first-order valence-electron chi connectivity index (χ1n) is 6.32. The lowest BCUT2D eigenvalue weighted by molar-refractivity contribution is -0.135. The highest BCUT2D eigenvalue weighted by atomic mass is 35.5. The fraction of sp³-hybridized carbons (Fsp3) is 0.667. The molecule has 2 heterocycles. The number of piperazine rings is 1. The molecule has 0 bridgehead atoms. The van der Waals surface area contributed by atoms with Crippen molar-refractivity contribution in [2.75, 3.05) is 33.7 Å². The third-order valence-electron chi connectivity index (χ3n) is 3.45. The Balaban J connectivity index is 2.12. The quantitative estimate of drug-likeness (QED) is 0.845. The molecule has 0 spiro atoms. The van der Waals surface area contributed by atoms with Crippen LogP contribution in [0.15, 0.2) is 6.20 Å². The Morgan fingerprint density at radius 1 is 1.63 bits per heavy atom. The van der Waals surface area contributed by atoms with Crippen molar-refractivity contribution in [1.82, 2.24) is 24.7 Å². The topological polar surface area (TPSA) is 53.4 Å². The molecular formula is C12H20ClN5O. The highest BCUT2D eigenvalue weighted by Crippen LogP contribution is 2.14. The molecule has 0 radical (unpaired) electrons. The first-order valence-corrected chi connectivity index (χ1v) is 6.70. The highest BCUT2D eigenvalue weighted by molar-refractivity contribution is 6.29. The fourth-order valence-electron chi connectivity index (χ4n) is 2.23. The summed E-state index contributed by atoms with van der Waals surface area (Å²) in [6.45, 7) is 3.02. The van der Waals surface area contributed by atoms with Crippen LogP contribution >= 0.6 is 11.6 Å². The van der Waals surface area contributed by atoms with Crippen LogP contribution in [-0.4, -0.2) is 65.0 Å². The van der Waals surface area contributed by atoms with Crippen molar-refractivity contribution in [3.63, 3.8) is 0 Å². The van der Waals surface area contributed by atoms with Gasteiger partial charge in [-0.15, -0.1) is 0 Å². The number of rotatable bonds is 3. The molecule has 1 aliphatic heterocycles. The minimum absolute atomic E-state index is 0.118. The van der Waals surface area contributed by atoms with Crippen molar-refractivity contribution in [1.29, 1.82) is 0 Å². The Labute approximate surface area is 118 Å². The molecule has 19 heavy (non-hydrogen) atoms. The van der Waals surface area contributed by atoms with Crippen molar-refractivity contribution in [3.8, 4) is 0 Å². The lowest BCUT2D eigenvalue weighted by atomic mass is 10.1. The summed E-state index contributed by atoms with van der Waals surface area (Å²) in [5, 5.41) is 3.88. The molecule has 1 fully saturated rings. The van der Waals surface area contributed by atoms with E-state index in [-0.39, 0.29) is 11.9 Å². The van der Waals surface area contributed by atoms with E-state index in [1.165, 1.54) is 0 Å². The molecule has 1 aromatic heterocycles. The van der Waals surface area contributed by atoms with Gasteiger partial charge in [0.05, 0.1) is 12.7 Å². The van der Waals surface area contributed by atoms with Crippen LogP contribution in [0, 0.1) is 0 Å². The van der Waals surface area contributed by atoms with Crippen LogP contribution < -0.4 is 5.32 Å². The summed E-state index contributed by atoms with van der Waals surface area (Å²) in [6, 6.07) is -0.140. The van der Waals surface area contributed by atoms with Gasteiger partial charge in [0.25, 0.3) is 0 Å². The van der Waals surface area contributed by atoms with Crippen molar-refractivity contribution in [2.45, 2.75) is 12.6 Å². The Morgan fingerprint density at radius 3 is 2.95 bits per heavy atom. The zero-order valence-corrected chi connectivity index (χ0v) is 12.3. The van der Waals surface area contributed by atoms with Gasteiger partial charge in [0, 0.05) is 40.8 Å². The molecule has 106 valence electrons. The van der Waals surface area contributed by atoms with Crippen LogP contribution in [0.5, 0.6) is 0 Å². The largest absolute Gasteiger partial charge is 0.347 e. The zero-order chi connectivity index (χ0) is 14.0. The summed E-state index contributed by atoms with van der Waals surface area (Å²) in [5.74, 6) is 0.996. The van der Waals surface area contributed by atoms with Crippen LogP contribution in [0.3, 0.4) is 0 Å². The second kappa shape index (κ2) is 5.90. The molecule has 1 aliphatic rings. The van der Waals surface area contributed by atoms with E-state index >= 15 is 0 Å². The van der Waals surface area contributed by atoms with Crippen LogP contribution in [0.2, 0.25) is 5.15 Å². The average molecular weight is 286 g/mol. The summed E-state index contributed by atoms with van der Waals surface area (Å²) in [5.41, 5.74) is 0. The third kappa shape index (κ3) is 3.08. The first kappa shape index (κ1) is 14.3. The van der Waals surface area contributed by atoms with Crippen LogP contribution in [0.1, 0.15) is 5.82 Å². The molecule has 2 rings (SSSR count). The molecular weight excluding hydrogens is 266 g/mol. The number of aromatic nitrogens is 2. The summed E-state index contributed by atoms with van der Waals surface area (Å²) in [6.07, 6.45) is 1.64. The minimum atomic E-state index is -0.140. The van der Waals surface area contributed by atoms with Crippen molar-refractivity contribution in [3.05, 3.63) is 17.2 Å².